The molecule has 0 aliphatic rings. The predicted octanol–water partition coefficient (Wildman–Crippen LogP) is 1.14. The van der Waals surface area contributed by atoms with E-state index in [1.54, 1.807) is 6.07 Å². The van der Waals surface area contributed by atoms with Crippen molar-refractivity contribution in [3.05, 3.63) is 41.7 Å². The third-order valence-electron chi connectivity index (χ3n) is 3.26. The van der Waals surface area contributed by atoms with E-state index in [0.717, 1.165) is 5.56 Å². The molecule has 0 saturated heterocycles. The Bertz CT molecular complexity index is 714. The van der Waals surface area contributed by atoms with Crippen molar-refractivity contribution in [1.29, 1.82) is 0 Å². The number of aromatic nitrogens is 3. The van der Waals surface area contributed by atoms with E-state index in [9.17, 15) is 9.59 Å². The first-order valence-corrected chi connectivity index (χ1v) is 7.59. The van der Waals surface area contributed by atoms with Crippen molar-refractivity contribution in [2.45, 2.75) is 39.5 Å². The molecule has 0 radical (unpaired) electrons. The number of aliphatic carboxylic acids is 1. The van der Waals surface area contributed by atoms with Gasteiger partial charge in [0.15, 0.2) is 6.10 Å². The number of rotatable bonds is 8. The molecule has 8 heteroatoms. The van der Waals surface area contributed by atoms with Gasteiger partial charge in [0.25, 0.3) is 5.91 Å². The van der Waals surface area contributed by atoms with Crippen LogP contribution >= 0.6 is 0 Å². The highest BCUT2D eigenvalue weighted by molar-refractivity contribution is 5.81. The number of carboxylic acid groups (broad SMARTS) is 1. The zero-order valence-electron chi connectivity index (χ0n) is 13.6. The summed E-state index contributed by atoms with van der Waals surface area (Å²) in [5.74, 6) is -0.621. The quantitative estimate of drug-likeness (QED) is 0.751. The minimum atomic E-state index is -1.01. The number of benzene rings is 1. The zero-order chi connectivity index (χ0) is 17.5. The minimum Gasteiger partial charge on any atom is -0.481 e. The standard InChI is InChI=1S/C16H20N4O4/c1-3-14(24-13-6-4-5-11(2)7-13)16(23)17-8-12-9-20(19-18-12)10-15(21)22/h4-7,9,14H,3,8,10H2,1-2H3,(H,17,23)(H,21,22). The van der Waals surface area contributed by atoms with Gasteiger partial charge in [-0.1, -0.05) is 24.3 Å². The lowest BCUT2D eigenvalue weighted by molar-refractivity contribution is -0.138. The van der Waals surface area contributed by atoms with E-state index in [4.69, 9.17) is 9.84 Å². The second-order valence-corrected chi connectivity index (χ2v) is 5.35. The Kier molecular flexibility index (Phi) is 5.89. The number of nitrogens with one attached hydrogen (secondary N) is 1. The molecular formula is C16H20N4O4. The normalized spacial score (nSPS) is 11.8. The first-order chi connectivity index (χ1) is 11.5. The molecule has 2 N–H and O–H groups in total. The summed E-state index contributed by atoms with van der Waals surface area (Å²) in [6.07, 6.45) is 1.39. The molecule has 1 aromatic carbocycles. The number of aryl methyl sites for hydroxylation is 1. The van der Waals surface area contributed by atoms with E-state index in [1.807, 2.05) is 32.0 Å². The predicted molar refractivity (Wildman–Crippen MR) is 85.4 cm³/mol. The maximum absolute atomic E-state index is 12.2. The van der Waals surface area contributed by atoms with E-state index < -0.39 is 12.1 Å². The summed E-state index contributed by atoms with van der Waals surface area (Å²) >= 11 is 0. The molecular weight excluding hydrogens is 312 g/mol. The molecule has 1 atom stereocenters. The van der Waals surface area contributed by atoms with Crippen LogP contribution in [0.2, 0.25) is 0 Å². The van der Waals surface area contributed by atoms with Crippen molar-refractivity contribution in [2.75, 3.05) is 0 Å². The summed E-state index contributed by atoms with van der Waals surface area (Å²) in [4.78, 5) is 22.8. The van der Waals surface area contributed by atoms with Crippen LogP contribution < -0.4 is 10.1 Å². The molecule has 0 saturated carbocycles. The average Bonchev–Trinajstić information content (AvgIpc) is 2.97. The number of nitrogens with zero attached hydrogens (tertiary/aromatic N) is 3. The first-order valence-electron chi connectivity index (χ1n) is 7.59. The van der Waals surface area contributed by atoms with Gasteiger partial charge in [0.1, 0.15) is 18.0 Å². The summed E-state index contributed by atoms with van der Waals surface area (Å²) in [5, 5.41) is 18.9. The Balaban J connectivity index is 1.89. The summed E-state index contributed by atoms with van der Waals surface area (Å²) in [6.45, 7) is 3.71. The fraction of sp³-hybridized carbons (Fsp3) is 0.375. The van der Waals surface area contributed by atoms with Crippen LogP contribution in [0, 0.1) is 6.92 Å². The molecule has 1 heterocycles. The number of hydrogen-bond donors (Lipinski definition) is 2. The molecule has 0 spiro atoms. The molecule has 2 aromatic rings. The second kappa shape index (κ2) is 8.09. The fourth-order valence-electron chi connectivity index (χ4n) is 2.10. The topological polar surface area (TPSA) is 106 Å². The lowest BCUT2D eigenvalue weighted by atomic mass is 10.2. The van der Waals surface area contributed by atoms with E-state index in [-0.39, 0.29) is 19.0 Å². The number of carbonyl (C=O) groups excluding carboxylic acids is 1. The van der Waals surface area contributed by atoms with Gasteiger partial charge in [0.05, 0.1) is 12.7 Å². The number of hydrogen-bond acceptors (Lipinski definition) is 5. The van der Waals surface area contributed by atoms with E-state index >= 15 is 0 Å². The third kappa shape index (κ3) is 5.08. The molecule has 128 valence electrons. The largest absolute Gasteiger partial charge is 0.481 e. The van der Waals surface area contributed by atoms with Crippen molar-refractivity contribution in [3.8, 4) is 5.75 Å². The van der Waals surface area contributed by atoms with Crippen LogP contribution in [0.5, 0.6) is 5.75 Å². The van der Waals surface area contributed by atoms with Crippen LogP contribution in [0.25, 0.3) is 0 Å². The number of carbonyl (C=O) groups is 2. The van der Waals surface area contributed by atoms with Crippen LogP contribution in [0.4, 0.5) is 0 Å². The Morgan fingerprint density at radius 2 is 2.21 bits per heavy atom. The third-order valence-corrected chi connectivity index (χ3v) is 3.26. The maximum atomic E-state index is 12.2. The van der Waals surface area contributed by atoms with Crippen molar-refractivity contribution in [1.82, 2.24) is 20.3 Å². The summed E-state index contributed by atoms with van der Waals surface area (Å²) in [5.41, 5.74) is 1.54. The van der Waals surface area contributed by atoms with Crippen molar-refractivity contribution >= 4 is 11.9 Å². The molecule has 1 amide bonds. The van der Waals surface area contributed by atoms with Gasteiger partial charge in [0, 0.05) is 0 Å². The Hall–Kier alpha value is -2.90. The maximum Gasteiger partial charge on any atom is 0.325 e. The first kappa shape index (κ1) is 17.5. The van der Waals surface area contributed by atoms with Crippen LogP contribution in [0.1, 0.15) is 24.6 Å². The highest BCUT2D eigenvalue weighted by atomic mass is 16.5. The summed E-state index contributed by atoms with van der Waals surface area (Å²) in [6, 6.07) is 7.50. The molecule has 0 aliphatic heterocycles. The molecule has 1 unspecified atom stereocenters. The highest BCUT2D eigenvalue weighted by Gasteiger charge is 2.18. The van der Waals surface area contributed by atoms with Gasteiger partial charge in [-0.15, -0.1) is 5.10 Å². The van der Waals surface area contributed by atoms with Gasteiger partial charge < -0.3 is 15.2 Å². The smallest absolute Gasteiger partial charge is 0.325 e. The summed E-state index contributed by atoms with van der Waals surface area (Å²) < 4.78 is 6.92. The summed E-state index contributed by atoms with van der Waals surface area (Å²) in [7, 11) is 0. The van der Waals surface area contributed by atoms with Crippen molar-refractivity contribution in [3.63, 3.8) is 0 Å². The number of carboxylic acids is 1. The lowest BCUT2D eigenvalue weighted by Gasteiger charge is -2.17. The van der Waals surface area contributed by atoms with Crippen LogP contribution in [-0.2, 0) is 22.7 Å². The van der Waals surface area contributed by atoms with Crippen LogP contribution in [0.15, 0.2) is 30.5 Å². The Labute approximate surface area is 139 Å². The highest BCUT2D eigenvalue weighted by Crippen LogP contribution is 2.15. The second-order valence-electron chi connectivity index (χ2n) is 5.35. The zero-order valence-corrected chi connectivity index (χ0v) is 13.6. The Morgan fingerprint density at radius 3 is 2.88 bits per heavy atom. The van der Waals surface area contributed by atoms with E-state index in [0.29, 0.717) is 17.9 Å². The SMILES string of the molecule is CCC(Oc1cccc(C)c1)C(=O)NCc1cn(CC(=O)O)nn1. The molecule has 0 fully saturated rings. The van der Waals surface area contributed by atoms with Gasteiger partial charge >= 0.3 is 5.97 Å². The molecule has 24 heavy (non-hydrogen) atoms. The van der Waals surface area contributed by atoms with Gasteiger partial charge in [-0.25, -0.2) is 4.68 Å². The van der Waals surface area contributed by atoms with Gasteiger partial charge in [0.2, 0.25) is 0 Å². The fourth-order valence-corrected chi connectivity index (χ4v) is 2.10. The molecule has 8 nitrogen and oxygen atoms in total. The van der Waals surface area contributed by atoms with Gasteiger partial charge in [-0.3, -0.25) is 9.59 Å². The molecule has 1 aromatic heterocycles. The molecule has 2 rings (SSSR count). The molecule has 0 aliphatic carbocycles. The van der Waals surface area contributed by atoms with Gasteiger partial charge in [-0.05, 0) is 31.0 Å². The minimum absolute atomic E-state index is 0.159. The number of ether oxygens (including phenoxy) is 1. The number of amides is 1. The van der Waals surface area contributed by atoms with E-state index in [2.05, 4.69) is 15.6 Å². The monoisotopic (exact) mass is 332 g/mol. The van der Waals surface area contributed by atoms with Crippen LogP contribution in [-0.4, -0.2) is 38.1 Å². The van der Waals surface area contributed by atoms with Crippen LogP contribution in [0.3, 0.4) is 0 Å². The van der Waals surface area contributed by atoms with Crippen molar-refractivity contribution in [2.24, 2.45) is 0 Å². The Morgan fingerprint density at radius 1 is 1.42 bits per heavy atom. The lowest BCUT2D eigenvalue weighted by Crippen LogP contribution is -2.37. The molecule has 0 bridgehead atoms. The average molecular weight is 332 g/mol. The van der Waals surface area contributed by atoms with E-state index in [1.165, 1.54) is 10.9 Å². The van der Waals surface area contributed by atoms with Gasteiger partial charge in [-0.2, -0.15) is 0 Å². The van der Waals surface area contributed by atoms with Crippen molar-refractivity contribution < 1.29 is 19.4 Å².